The van der Waals surface area contributed by atoms with Gasteiger partial charge in [0.25, 0.3) is 5.56 Å². The molecule has 7 heteroatoms. The molecule has 0 fully saturated rings. The number of methoxy groups -OCH3 is 1. The monoisotopic (exact) mass is 353 g/mol. The van der Waals surface area contributed by atoms with Gasteiger partial charge in [-0.1, -0.05) is 23.5 Å². The first-order valence-electron chi connectivity index (χ1n) is 7.45. The summed E-state index contributed by atoms with van der Waals surface area (Å²) < 4.78 is 20.0. The molecule has 2 aromatic heterocycles. The van der Waals surface area contributed by atoms with Crippen molar-refractivity contribution in [1.82, 2.24) is 14.6 Å². The summed E-state index contributed by atoms with van der Waals surface area (Å²) in [6.45, 7) is 0. The molecule has 0 bridgehead atoms. The Balaban J connectivity index is 1.79. The van der Waals surface area contributed by atoms with Crippen LogP contribution in [0, 0.1) is 5.82 Å². The molecule has 0 aliphatic heterocycles. The molecule has 0 radical (unpaired) electrons. The van der Waals surface area contributed by atoms with Crippen molar-refractivity contribution in [3.63, 3.8) is 0 Å². The van der Waals surface area contributed by atoms with Gasteiger partial charge in [0.1, 0.15) is 11.6 Å². The summed E-state index contributed by atoms with van der Waals surface area (Å²) in [5.41, 5.74) is 1.29. The Bertz CT molecular complexity index is 1170. The molecule has 5 nitrogen and oxygen atoms in total. The Morgan fingerprint density at radius 3 is 2.72 bits per heavy atom. The second-order valence-electron chi connectivity index (χ2n) is 5.33. The molecule has 0 saturated carbocycles. The van der Waals surface area contributed by atoms with Crippen molar-refractivity contribution in [1.29, 1.82) is 0 Å². The van der Waals surface area contributed by atoms with Crippen LogP contribution >= 0.6 is 11.3 Å². The summed E-state index contributed by atoms with van der Waals surface area (Å²) in [6.07, 6.45) is 1.78. The van der Waals surface area contributed by atoms with Gasteiger partial charge in [-0.25, -0.2) is 4.39 Å². The number of nitrogens with zero attached hydrogens (tertiary/aromatic N) is 3. The number of rotatable bonds is 3. The van der Waals surface area contributed by atoms with Gasteiger partial charge in [-0.3, -0.25) is 4.79 Å². The van der Waals surface area contributed by atoms with E-state index in [1.54, 1.807) is 25.3 Å². The molecular weight excluding hydrogens is 341 g/mol. The first-order chi connectivity index (χ1) is 12.1. The fraction of sp³-hybridized carbons (Fsp3) is 0.0556. The lowest BCUT2D eigenvalue weighted by Gasteiger charge is -1.99. The van der Waals surface area contributed by atoms with Crippen LogP contribution in [0.2, 0.25) is 0 Å². The smallest absolute Gasteiger partial charge is 0.291 e. The summed E-state index contributed by atoms with van der Waals surface area (Å²) >= 11 is 1.26. The molecule has 0 amide bonds. The lowest BCUT2D eigenvalue weighted by atomic mass is 10.2. The van der Waals surface area contributed by atoms with E-state index < -0.39 is 0 Å². The van der Waals surface area contributed by atoms with Gasteiger partial charge in [-0.2, -0.15) is 9.50 Å². The molecule has 0 aliphatic rings. The second-order valence-corrected chi connectivity index (χ2v) is 6.34. The summed E-state index contributed by atoms with van der Waals surface area (Å²) in [5.74, 6) is 0.792. The molecule has 2 heterocycles. The van der Waals surface area contributed by atoms with Gasteiger partial charge < -0.3 is 4.74 Å². The third kappa shape index (κ3) is 2.89. The first-order valence-corrected chi connectivity index (χ1v) is 8.27. The topological polar surface area (TPSA) is 56.5 Å². The summed E-state index contributed by atoms with van der Waals surface area (Å²) in [4.78, 5) is 17.4. The van der Waals surface area contributed by atoms with E-state index >= 15 is 0 Å². The molecule has 0 unspecified atom stereocenters. The third-order valence-electron chi connectivity index (χ3n) is 3.68. The average molecular weight is 353 g/mol. The molecule has 0 N–H and O–H groups in total. The van der Waals surface area contributed by atoms with E-state index in [0.717, 1.165) is 11.3 Å². The minimum Gasteiger partial charge on any atom is -0.497 e. The predicted octanol–water partition coefficient (Wildman–Crippen LogP) is 2.51. The highest BCUT2D eigenvalue weighted by atomic mass is 32.1. The van der Waals surface area contributed by atoms with E-state index in [9.17, 15) is 9.18 Å². The predicted molar refractivity (Wildman–Crippen MR) is 94.3 cm³/mol. The van der Waals surface area contributed by atoms with Gasteiger partial charge in [0, 0.05) is 5.56 Å². The van der Waals surface area contributed by atoms with Crippen LogP contribution in [-0.2, 0) is 0 Å². The Hall–Kier alpha value is -3.06. The van der Waals surface area contributed by atoms with E-state index in [1.165, 1.54) is 28.0 Å². The Morgan fingerprint density at radius 2 is 2.00 bits per heavy atom. The minimum atomic E-state index is -0.329. The van der Waals surface area contributed by atoms with Crippen molar-refractivity contribution < 1.29 is 9.13 Å². The lowest BCUT2D eigenvalue weighted by molar-refractivity contribution is 0.414. The first kappa shape index (κ1) is 15.5. The van der Waals surface area contributed by atoms with E-state index in [0.29, 0.717) is 20.9 Å². The molecular formula is C18H12FN3O2S. The van der Waals surface area contributed by atoms with Crippen LogP contribution in [0.5, 0.6) is 5.75 Å². The number of aromatic nitrogens is 3. The minimum absolute atomic E-state index is 0.233. The van der Waals surface area contributed by atoms with Crippen LogP contribution in [0.25, 0.3) is 22.4 Å². The summed E-state index contributed by atoms with van der Waals surface area (Å²) in [6, 6.07) is 13.3. The molecule has 4 aromatic rings. The highest BCUT2D eigenvalue weighted by Gasteiger charge is 2.12. The van der Waals surface area contributed by atoms with E-state index in [1.807, 2.05) is 24.3 Å². The quantitative estimate of drug-likeness (QED) is 0.568. The zero-order valence-corrected chi connectivity index (χ0v) is 14.0. The van der Waals surface area contributed by atoms with Crippen LogP contribution in [0.4, 0.5) is 4.39 Å². The number of halogens is 1. The van der Waals surface area contributed by atoms with Gasteiger partial charge in [-0.05, 0) is 48.0 Å². The van der Waals surface area contributed by atoms with Crippen molar-refractivity contribution in [3.8, 4) is 17.1 Å². The number of fused-ring (bicyclic) bond motifs is 1. The number of hydrogen-bond donors (Lipinski definition) is 0. The summed E-state index contributed by atoms with van der Waals surface area (Å²) in [7, 11) is 1.60. The van der Waals surface area contributed by atoms with Crippen molar-refractivity contribution >= 4 is 22.4 Å². The normalized spacial score (nSPS) is 12.0. The zero-order valence-electron chi connectivity index (χ0n) is 13.1. The fourth-order valence-corrected chi connectivity index (χ4v) is 3.35. The van der Waals surface area contributed by atoms with Gasteiger partial charge >= 0.3 is 0 Å². The molecule has 4 rings (SSSR count). The van der Waals surface area contributed by atoms with Gasteiger partial charge in [0.2, 0.25) is 4.96 Å². The molecule has 0 saturated heterocycles. The number of hydrogen-bond acceptors (Lipinski definition) is 5. The second kappa shape index (κ2) is 6.10. The maximum atomic E-state index is 13.0. The van der Waals surface area contributed by atoms with E-state index in [4.69, 9.17) is 4.74 Å². The van der Waals surface area contributed by atoms with E-state index in [2.05, 4.69) is 10.1 Å². The summed E-state index contributed by atoms with van der Waals surface area (Å²) in [5, 5.41) is 4.24. The third-order valence-corrected chi connectivity index (χ3v) is 4.64. The fourth-order valence-electron chi connectivity index (χ4n) is 2.44. The highest BCUT2D eigenvalue weighted by Crippen LogP contribution is 2.17. The van der Waals surface area contributed by atoms with Gasteiger partial charge in [0.15, 0.2) is 5.82 Å². The van der Waals surface area contributed by atoms with Gasteiger partial charge in [0.05, 0.1) is 11.6 Å². The van der Waals surface area contributed by atoms with Crippen molar-refractivity contribution in [2.24, 2.45) is 0 Å². The average Bonchev–Trinajstić information content (AvgIpc) is 3.16. The van der Waals surface area contributed by atoms with Crippen molar-refractivity contribution in [3.05, 3.63) is 74.8 Å². The Kier molecular flexibility index (Phi) is 3.77. The van der Waals surface area contributed by atoms with Crippen LogP contribution in [0.3, 0.4) is 0 Å². The lowest BCUT2D eigenvalue weighted by Crippen LogP contribution is -2.23. The zero-order chi connectivity index (χ0) is 17.4. The molecule has 25 heavy (non-hydrogen) atoms. The number of thiazole rings is 1. The number of ether oxygens (including phenoxy) is 1. The van der Waals surface area contributed by atoms with E-state index in [-0.39, 0.29) is 11.4 Å². The maximum Gasteiger partial charge on any atom is 0.291 e. The number of benzene rings is 2. The van der Waals surface area contributed by atoms with Crippen LogP contribution in [-0.4, -0.2) is 21.7 Å². The largest absolute Gasteiger partial charge is 0.497 e. The molecule has 2 aromatic carbocycles. The van der Waals surface area contributed by atoms with Crippen LogP contribution in [0.15, 0.2) is 53.3 Å². The van der Waals surface area contributed by atoms with Crippen LogP contribution in [0.1, 0.15) is 5.56 Å². The maximum absolute atomic E-state index is 13.0. The van der Waals surface area contributed by atoms with Crippen molar-refractivity contribution in [2.75, 3.05) is 7.11 Å². The van der Waals surface area contributed by atoms with Gasteiger partial charge in [-0.15, -0.1) is 5.10 Å². The molecule has 0 spiro atoms. The van der Waals surface area contributed by atoms with Crippen molar-refractivity contribution in [2.45, 2.75) is 0 Å². The molecule has 0 aliphatic carbocycles. The Morgan fingerprint density at radius 1 is 1.20 bits per heavy atom. The molecule has 124 valence electrons. The highest BCUT2D eigenvalue weighted by molar-refractivity contribution is 7.15. The SMILES string of the molecule is COc1cccc(C=c2sc3nc(-c4ccc(F)cc4)nn3c2=O)c1. The molecule has 0 atom stereocenters. The van der Waals surface area contributed by atoms with Crippen LogP contribution < -0.4 is 14.8 Å². The Labute approximate surface area is 145 Å². The standard InChI is InChI=1S/C18H12FN3O2S/c1-24-14-4-2-3-11(9-14)10-15-17(23)22-18(25-15)20-16(21-22)12-5-7-13(19)8-6-12/h2-10H,1H3.